The fourth-order valence-corrected chi connectivity index (χ4v) is 5.00. The van der Waals surface area contributed by atoms with E-state index >= 15 is 0 Å². The molecule has 0 aliphatic carbocycles. The first-order chi connectivity index (χ1) is 12.2. The van der Waals surface area contributed by atoms with Gasteiger partial charge in [-0.3, -0.25) is 9.59 Å². The van der Waals surface area contributed by atoms with Crippen LogP contribution in [-0.4, -0.2) is 55.1 Å². The van der Waals surface area contributed by atoms with Crippen LogP contribution in [0.5, 0.6) is 0 Å². The minimum atomic E-state index is -1.05. The number of hydrogen-bond donors (Lipinski definition) is 4. The summed E-state index contributed by atoms with van der Waals surface area (Å²) in [4.78, 5) is 37.6. The van der Waals surface area contributed by atoms with Crippen LogP contribution in [0.25, 0.3) is 0 Å². The predicted octanol–water partition coefficient (Wildman–Crippen LogP) is -0.190. The van der Waals surface area contributed by atoms with Crippen molar-refractivity contribution in [3.8, 4) is 0 Å². The highest BCUT2D eigenvalue weighted by Gasteiger charge is 2.64. The van der Waals surface area contributed by atoms with Crippen LogP contribution in [0, 0.1) is 0 Å². The van der Waals surface area contributed by atoms with Crippen molar-refractivity contribution in [2.45, 2.75) is 48.7 Å². The highest BCUT2D eigenvalue weighted by atomic mass is 32.2. The number of carboxylic acids is 1. The molecule has 0 radical (unpaired) electrons. The Labute approximate surface area is 154 Å². The molecule has 2 fully saturated rings. The van der Waals surface area contributed by atoms with Crippen molar-refractivity contribution in [1.29, 1.82) is 0 Å². The number of thioether (sulfide) groups is 1. The van der Waals surface area contributed by atoms with E-state index in [4.69, 9.17) is 10.8 Å². The second-order valence-electron chi connectivity index (χ2n) is 6.96. The quantitative estimate of drug-likeness (QED) is 0.521. The lowest BCUT2D eigenvalue weighted by Gasteiger charge is -2.43. The van der Waals surface area contributed by atoms with Crippen LogP contribution in [0.2, 0.25) is 0 Å². The number of amides is 2. The molecule has 2 amide bonds. The normalized spacial score (nSPS) is 27.5. The van der Waals surface area contributed by atoms with E-state index in [2.05, 4.69) is 5.32 Å². The van der Waals surface area contributed by atoms with Crippen LogP contribution >= 0.6 is 11.8 Å². The Kier molecular flexibility index (Phi) is 4.72. The lowest BCUT2D eigenvalue weighted by atomic mass is 9.95. The molecule has 8 nitrogen and oxygen atoms in total. The van der Waals surface area contributed by atoms with Crippen LogP contribution in [0.3, 0.4) is 0 Å². The van der Waals surface area contributed by atoms with Crippen molar-refractivity contribution in [1.82, 2.24) is 10.2 Å². The van der Waals surface area contributed by atoms with Crippen molar-refractivity contribution in [2.75, 3.05) is 0 Å². The fourth-order valence-electron chi connectivity index (χ4n) is 3.37. The molecule has 1 aromatic carbocycles. The van der Waals surface area contributed by atoms with Gasteiger partial charge in [0.05, 0.1) is 6.61 Å². The number of nitrogens with one attached hydrogen (secondary N) is 1. The summed E-state index contributed by atoms with van der Waals surface area (Å²) in [6, 6.07) is 3.99. The zero-order valence-corrected chi connectivity index (χ0v) is 15.2. The number of nitrogens with two attached hydrogens (primary N) is 1. The molecule has 0 aromatic heterocycles. The molecule has 26 heavy (non-hydrogen) atoms. The van der Waals surface area contributed by atoms with E-state index in [0.29, 0.717) is 11.1 Å². The third-order valence-electron chi connectivity index (χ3n) is 4.78. The van der Waals surface area contributed by atoms with Crippen LogP contribution in [-0.2, 0) is 21.0 Å². The number of benzene rings is 1. The van der Waals surface area contributed by atoms with E-state index in [0.717, 1.165) is 0 Å². The summed E-state index contributed by atoms with van der Waals surface area (Å²) >= 11 is 1.36. The van der Waals surface area contributed by atoms with Gasteiger partial charge in [-0.2, -0.15) is 0 Å². The van der Waals surface area contributed by atoms with E-state index in [9.17, 15) is 19.5 Å². The van der Waals surface area contributed by atoms with E-state index in [1.54, 1.807) is 38.1 Å². The van der Waals surface area contributed by atoms with Crippen LogP contribution in [0.4, 0.5) is 0 Å². The number of rotatable bonds is 5. The molecule has 4 atom stereocenters. The second-order valence-corrected chi connectivity index (χ2v) is 8.73. The average Bonchev–Trinajstić information content (AvgIpc) is 2.87. The predicted molar refractivity (Wildman–Crippen MR) is 95.0 cm³/mol. The SMILES string of the molecule is CC1(C)S[C@@H]2C(NC(=O)C(N)c3ccc(CO)cc3)C(=O)N2[C@H]1C(=O)O. The Balaban J connectivity index is 1.69. The van der Waals surface area contributed by atoms with Gasteiger partial charge in [-0.1, -0.05) is 24.3 Å². The summed E-state index contributed by atoms with van der Waals surface area (Å²) < 4.78 is -0.645. The van der Waals surface area contributed by atoms with Crippen molar-refractivity contribution < 1.29 is 24.6 Å². The third kappa shape index (κ3) is 2.95. The van der Waals surface area contributed by atoms with Crippen molar-refractivity contribution in [3.05, 3.63) is 35.4 Å². The van der Waals surface area contributed by atoms with Crippen LogP contribution < -0.4 is 11.1 Å². The maximum atomic E-state index is 12.4. The molecule has 0 saturated carbocycles. The lowest BCUT2D eigenvalue weighted by molar-refractivity contribution is -0.161. The molecule has 5 N–H and O–H groups in total. The summed E-state index contributed by atoms with van der Waals surface area (Å²) in [6.45, 7) is 3.44. The largest absolute Gasteiger partial charge is 0.480 e. The smallest absolute Gasteiger partial charge is 0.327 e. The number of aliphatic hydroxyl groups is 1. The summed E-state index contributed by atoms with van der Waals surface area (Å²) in [5.74, 6) is -1.96. The van der Waals surface area contributed by atoms with Gasteiger partial charge in [-0.15, -0.1) is 11.8 Å². The zero-order valence-electron chi connectivity index (χ0n) is 14.4. The number of carbonyl (C=O) groups excluding carboxylic acids is 2. The molecule has 2 heterocycles. The van der Waals surface area contributed by atoms with Crippen molar-refractivity contribution in [2.24, 2.45) is 5.73 Å². The molecule has 2 aliphatic rings. The van der Waals surface area contributed by atoms with Gasteiger partial charge in [-0.25, -0.2) is 4.79 Å². The average molecular weight is 379 g/mol. The van der Waals surface area contributed by atoms with Gasteiger partial charge in [0.25, 0.3) is 0 Å². The van der Waals surface area contributed by atoms with E-state index < -0.39 is 46.0 Å². The summed E-state index contributed by atoms with van der Waals surface area (Å²) in [5.41, 5.74) is 7.23. The second kappa shape index (κ2) is 6.57. The Morgan fingerprint density at radius 3 is 2.50 bits per heavy atom. The number of fused-ring (bicyclic) bond motifs is 1. The molecule has 0 bridgehead atoms. The molecule has 0 spiro atoms. The zero-order chi connectivity index (χ0) is 19.2. The summed E-state index contributed by atoms with van der Waals surface area (Å²) in [6.07, 6.45) is 0. The Morgan fingerprint density at radius 1 is 1.35 bits per heavy atom. The number of aliphatic carboxylic acids is 1. The van der Waals surface area contributed by atoms with Crippen LogP contribution in [0.1, 0.15) is 31.0 Å². The highest BCUT2D eigenvalue weighted by Crippen LogP contribution is 2.50. The first-order valence-corrected chi connectivity index (χ1v) is 9.04. The van der Waals surface area contributed by atoms with Crippen molar-refractivity contribution in [3.63, 3.8) is 0 Å². The van der Waals surface area contributed by atoms with E-state index in [-0.39, 0.29) is 6.61 Å². The fraction of sp³-hybridized carbons (Fsp3) is 0.471. The Hall–Kier alpha value is -2.10. The third-order valence-corrected chi connectivity index (χ3v) is 6.35. The molecule has 2 unspecified atom stereocenters. The molecule has 140 valence electrons. The molecule has 2 saturated heterocycles. The summed E-state index contributed by atoms with van der Waals surface area (Å²) in [5, 5.41) is 20.7. The lowest BCUT2D eigenvalue weighted by Crippen LogP contribution is -2.71. The maximum Gasteiger partial charge on any atom is 0.327 e. The van der Waals surface area contributed by atoms with Gasteiger partial charge in [0.15, 0.2) is 0 Å². The topological polar surface area (TPSA) is 133 Å². The van der Waals surface area contributed by atoms with Gasteiger partial charge in [0, 0.05) is 4.75 Å². The van der Waals surface area contributed by atoms with Crippen LogP contribution in [0.15, 0.2) is 24.3 Å². The van der Waals surface area contributed by atoms with Gasteiger partial charge in [0.1, 0.15) is 23.5 Å². The van der Waals surface area contributed by atoms with Gasteiger partial charge in [-0.05, 0) is 25.0 Å². The van der Waals surface area contributed by atoms with Gasteiger partial charge < -0.3 is 26.2 Å². The number of β-lactam (4-membered cyclic amide) rings is 1. The Bertz CT molecular complexity index is 751. The van der Waals surface area contributed by atoms with E-state index in [1.165, 1.54) is 16.7 Å². The number of nitrogens with zero attached hydrogens (tertiary/aromatic N) is 1. The first-order valence-electron chi connectivity index (χ1n) is 8.16. The minimum Gasteiger partial charge on any atom is -0.480 e. The van der Waals surface area contributed by atoms with E-state index in [1.807, 2.05) is 0 Å². The first kappa shape index (κ1) is 18.7. The minimum absolute atomic E-state index is 0.104. The standard InChI is InChI=1S/C17H21N3O5S/c1-17(2)12(16(24)25)20-14(23)11(15(20)26-17)19-13(22)10(18)9-5-3-8(7-21)4-6-9/h3-6,10-12,15,21H,7,18H2,1-2H3,(H,19,22)(H,24,25)/t10?,11?,12-,15+/m0/s1. The van der Waals surface area contributed by atoms with Gasteiger partial charge >= 0.3 is 5.97 Å². The molecular formula is C17H21N3O5S. The summed E-state index contributed by atoms with van der Waals surface area (Å²) in [7, 11) is 0. The number of aliphatic hydroxyl groups excluding tert-OH is 1. The number of carbonyl (C=O) groups is 3. The number of hydrogen-bond acceptors (Lipinski definition) is 6. The molecule has 3 rings (SSSR count). The maximum absolute atomic E-state index is 12.4. The van der Waals surface area contributed by atoms with Crippen molar-refractivity contribution >= 4 is 29.5 Å². The highest BCUT2D eigenvalue weighted by molar-refractivity contribution is 8.01. The monoisotopic (exact) mass is 379 g/mol. The molecule has 1 aromatic rings. The number of carboxylic acid groups (broad SMARTS) is 1. The van der Waals surface area contributed by atoms with Gasteiger partial charge in [0.2, 0.25) is 11.8 Å². The molecular weight excluding hydrogens is 358 g/mol. The molecule has 9 heteroatoms. The Morgan fingerprint density at radius 2 is 1.96 bits per heavy atom. The molecule has 2 aliphatic heterocycles.